The van der Waals surface area contributed by atoms with Crippen molar-refractivity contribution < 1.29 is 5.11 Å². The van der Waals surface area contributed by atoms with Crippen LogP contribution in [0, 0.1) is 9.81 Å². The predicted molar refractivity (Wildman–Crippen MR) is 65.2 cm³/mol. The van der Waals surface area contributed by atoms with E-state index in [4.69, 9.17) is 0 Å². The fraction of sp³-hybridized carbons (Fsp3) is 0.200. The van der Waals surface area contributed by atoms with Crippen LogP contribution in [-0.4, -0.2) is 5.11 Å². The van der Waals surface area contributed by atoms with Crippen molar-refractivity contribution in [2.24, 2.45) is 0 Å². The average Bonchev–Trinajstić information content (AvgIpc) is 2.45. The summed E-state index contributed by atoms with van der Waals surface area (Å²) >= 11 is 4.06. The van der Waals surface area contributed by atoms with Crippen molar-refractivity contribution >= 4 is 44.0 Å². The van der Waals surface area contributed by atoms with Crippen molar-refractivity contribution in [1.29, 1.82) is 0 Å². The van der Waals surface area contributed by atoms with Gasteiger partial charge in [-0.3, -0.25) is 0 Å². The van der Waals surface area contributed by atoms with Crippen LogP contribution >= 0.6 is 33.9 Å². The Bertz CT molecular complexity index is 447. The third-order valence-electron chi connectivity index (χ3n) is 2.15. The van der Waals surface area contributed by atoms with E-state index in [2.05, 4.69) is 40.8 Å². The topological polar surface area (TPSA) is 20.2 Å². The molecule has 0 bridgehead atoms. The molecule has 0 aliphatic rings. The largest absolute Gasteiger partial charge is 0.392 e. The molecule has 0 atom stereocenters. The summed E-state index contributed by atoms with van der Waals surface area (Å²) in [5.41, 5.74) is 2.25. The van der Waals surface area contributed by atoms with Gasteiger partial charge in [0.25, 0.3) is 0 Å². The van der Waals surface area contributed by atoms with E-state index >= 15 is 0 Å². The van der Waals surface area contributed by atoms with Crippen LogP contribution in [0.4, 0.5) is 0 Å². The standard InChI is InChI=1S/C10H9IOS/c1-6-2-3-7-4-9(11)13-10(7)8(6)5-12/h2-4,12H,5H2,1H3. The highest BCUT2D eigenvalue weighted by Gasteiger charge is 2.06. The SMILES string of the molecule is Cc1ccc2cc(I)sc2c1CO. The van der Waals surface area contributed by atoms with E-state index in [-0.39, 0.29) is 6.61 Å². The minimum atomic E-state index is 0.139. The summed E-state index contributed by atoms with van der Waals surface area (Å²) < 4.78 is 2.50. The molecule has 3 heteroatoms. The highest BCUT2D eigenvalue weighted by Crippen LogP contribution is 2.31. The Hall–Kier alpha value is -0.130. The van der Waals surface area contributed by atoms with Gasteiger partial charge in [-0.15, -0.1) is 11.3 Å². The quantitative estimate of drug-likeness (QED) is 0.802. The Morgan fingerprint density at radius 3 is 2.92 bits per heavy atom. The fourth-order valence-electron chi connectivity index (χ4n) is 1.42. The lowest BCUT2D eigenvalue weighted by Gasteiger charge is -2.02. The summed E-state index contributed by atoms with van der Waals surface area (Å²) in [6, 6.07) is 6.33. The summed E-state index contributed by atoms with van der Waals surface area (Å²) in [5.74, 6) is 0. The van der Waals surface area contributed by atoms with E-state index in [9.17, 15) is 5.11 Å². The molecule has 0 aliphatic heterocycles. The van der Waals surface area contributed by atoms with Gasteiger partial charge in [0.2, 0.25) is 0 Å². The fourth-order valence-corrected chi connectivity index (χ4v) is 3.39. The van der Waals surface area contributed by atoms with Gasteiger partial charge in [-0.05, 0) is 52.1 Å². The van der Waals surface area contributed by atoms with Crippen LogP contribution in [0.1, 0.15) is 11.1 Å². The third kappa shape index (κ3) is 1.60. The lowest BCUT2D eigenvalue weighted by molar-refractivity contribution is 0.283. The van der Waals surface area contributed by atoms with E-state index in [1.165, 1.54) is 18.5 Å². The molecule has 1 aromatic heterocycles. The van der Waals surface area contributed by atoms with E-state index in [1.54, 1.807) is 11.3 Å². The predicted octanol–water partition coefficient (Wildman–Crippen LogP) is 3.31. The number of thiophene rings is 1. The zero-order chi connectivity index (χ0) is 9.42. The Kier molecular flexibility index (Phi) is 2.58. The summed E-state index contributed by atoms with van der Waals surface area (Å²) in [4.78, 5) is 0. The van der Waals surface area contributed by atoms with Gasteiger partial charge < -0.3 is 5.11 Å². The van der Waals surface area contributed by atoms with Gasteiger partial charge in [-0.2, -0.15) is 0 Å². The Balaban J connectivity index is 2.82. The first-order chi connectivity index (χ1) is 6.22. The molecule has 0 aliphatic carbocycles. The molecule has 0 spiro atoms. The molecule has 1 nitrogen and oxygen atoms in total. The first-order valence-corrected chi connectivity index (χ1v) is 5.90. The maximum atomic E-state index is 9.23. The van der Waals surface area contributed by atoms with Gasteiger partial charge in [0, 0.05) is 4.70 Å². The zero-order valence-corrected chi connectivity index (χ0v) is 10.1. The van der Waals surface area contributed by atoms with E-state index in [1.807, 2.05) is 6.92 Å². The normalized spacial score (nSPS) is 11.0. The second kappa shape index (κ2) is 3.55. The molecule has 1 aromatic carbocycles. The number of hydrogen-bond acceptors (Lipinski definition) is 2. The van der Waals surface area contributed by atoms with Crippen LogP contribution in [-0.2, 0) is 6.61 Å². The number of fused-ring (bicyclic) bond motifs is 1. The van der Waals surface area contributed by atoms with Gasteiger partial charge in [-0.1, -0.05) is 12.1 Å². The molecule has 0 saturated heterocycles. The highest BCUT2D eigenvalue weighted by molar-refractivity contribution is 14.1. The number of aliphatic hydroxyl groups is 1. The molecule has 13 heavy (non-hydrogen) atoms. The van der Waals surface area contributed by atoms with Crippen LogP contribution in [0.3, 0.4) is 0 Å². The molecule has 2 rings (SSSR count). The Morgan fingerprint density at radius 2 is 2.23 bits per heavy atom. The van der Waals surface area contributed by atoms with Gasteiger partial charge in [0.1, 0.15) is 0 Å². The molecule has 1 N–H and O–H groups in total. The maximum absolute atomic E-state index is 9.23. The van der Waals surface area contributed by atoms with Crippen LogP contribution in [0.2, 0.25) is 0 Å². The van der Waals surface area contributed by atoms with Crippen LogP contribution in [0.15, 0.2) is 18.2 Å². The lowest BCUT2D eigenvalue weighted by atomic mass is 10.1. The summed E-state index contributed by atoms with van der Waals surface area (Å²) in [5, 5.41) is 10.5. The smallest absolute Gasteiger partial charge is 0.0698 e. The Morgan fingerprint density at radius 1 is 1.46 bits per heavy atom. The number of rotatable bonds is 1. The summed E-state index contributed by atoms with van der Waals surface area (Å²) in [7, 11) is 0. The van der Waals surface area contributed by atoms with Gasteiger partial charge in [-0.25, -0.2) is 0 Å². The van der Waals surface area contributed by atoms with E-state index in [0.717, 1.165) is 5.56 Å². The average molecular weight is 304 g/mol. The van der Waals surface area contributed by atoms with Crippen LogP contribution in [0.25, 0.3) is 10.1 Å². The Labute approximate surface area is 94.5 Å². The monoisotopic (exact) mass is 304 g/mol. The molecule has 1 heterocycles. The van der Waals surface area contributed by atoms with Crippen molar-refractivity contribution in [3.8, 4) is 0 Å². The number of hydrogen-bond donors (Lipinski definition) is 1. The van der Waals surface area contributed by atoms with Crippen molar-refractivity contribution in [3.05, 3.63) is 32.2 Å². The summed E-state index contributed by atoms with van der Waals surface area (Å²) in [6.45, 7) is 2.18. The molecular formula is C10H9IOS. The lowest BCUT2D eigenvalue weighted by Crippen LogP contribution is -1.87. The molecule has 0 saturated carbocycles. The highest BCUT2D eigenvalue weighted by atomic mass is 127. The molecule has 2 aromatic rings. The summed E-state index contributed by atoms with van der Waals surface area (Å²) in [6.07, 6.45) is 0. The molecule has 0 amide bonds. The number of halogens is 1. The van der Waals surface area contributed by atoms with E-state index in [0.29, 0.717) is 0 Å². The van der Waals surface area contributed by atoms with Gasteiger partial charge in [0.05, 0.1) is 9.49 Å². The van der Waals surface area contributed by atoms with Crippen molar-refractivity contribution in [3.63, 3.8) is 0 Å². The number of benzene rings is 1. The molecular weight excluding hydrogens is 295 g/mol. The molecule has 0 unspecified atom stereocenters. The minimum Gasteiger partial charge on any atom is -0.392 e. The van der Waals surface area contributed by atoms with Crippen LogP contribution in [0.5, 0.6) is 0 Å². The van der Waals surface area contributed by atoms with Crippen molar-refractivity contribution in [1.82, 2.24) is 0 Å². The molecule has 0 fully saturated rings. The van der Waals surface area contributed by atoms with Gasteiger partial charge in [0.15, 0.2) is 0 Å². The second-order valence-electron chi connectivity index (χ2n) is 2.99. The zero-order valence-electron chi connectivity index (χ0n) is 7.17. The van der Waals surface area contributed by atoms with Crippen molar-refractivity contribution in [2.45, 2.75) is 13.5 Å². The van der Waals surface area contributed by atoms with Gasteiger partial charge >= 0.3 is 0 Å². The molecule has 68 valence electrons. The number of aliphatic hydroxyl groups excluding tert-OH is 1. The maximum Gasteiger partial charge on any atom is 0.0698 e. The minimum absolute atomic E-state index is 0.139. The first kappa shape index (κ1) is 9.43. The van der Waals surface area contributed by atoms with Crippen molar-refractivity contribution in [2.75, 3.05) is 0 Å². The van der Waals surface area contributed by atoms with Crippen LogP contribution < -0.4 is 0 Å². The number of aryl methyl sites for hydroxylation is 1. The third-order valence-corrected chi connectivity index (χ3v) is 4.12. The first-order valence-electron chi connectivity index (χ1n) is 4.01. The second-order valence-corrected chi connectivity index (χ2v) is 5.93. The van der Waals surface area contributed by atoms with E-state index < -0.39 is 0 Å². The molecule has 0 radical (unpaired) electrons.